The minimum absolute atomic E-state index is 0.407. The third kappa shape index (κ3) is 2.83. The van der Waals surface area contributed by atoms with Crippen LogP contribution in [0.25, 0.3) is 0 Å². The summed E-state index contributed by atoms with van der Waals surface area (Å²) in [4.78, 5) is 11.3. The molecule has 0 spiro atoms. The molecule has 0 fully saturated rings. The molecule has 2 rings (SSSR count). The number of esters is 1. The molecule has 6 heteroatoms. The van der Waals surface area contributed by atoms with Gasteiger partial charge in [0.2, 0.25) is 0 Å². The zero-order valence-electron chi connectivity index (χ0n) is 9.56. The Labute approximate surface area is 114 Å². The number of nitrogens with zero attached hydrogens (tertiary/aromatic N) is 2. The number of hydrogen-bond donors (Lipinski definition) is 0. The molecule has 2 aromatic rings. The summed E-state index contributed by atoms with van der Waals surface area (Å²) in [6.07, 6.45) is 3.08. The predicted molar refractivity (Wildman–Crippen MR) is 69.1 cm³/mol. The molecular formula is C12H10Cl2N2O2. The fourth-order valence-electron chi connectivity index (χ4n) is 1.50. The number of carbonyl (C=O) groups is 1. The van der Waals surface area contributed by atoms with Crippen LogP contribution in [0.5, 0.6) is 0 Å². The molecule has 1 heterocycles. The molecule has 0 aliphatic rings. The summed E-state index contributed by atoms with van der Waals surface area (Å²) in [5.41, 5.74) is 1.36. The highest BCUT2D eigenvalue weighted by Crippen LogP contribution is 2.22. The van der Waals surface area contributed by atoms with Gasteiger partial charge in [0, 0.05) is 6.20 Å². The lowest BCUT2D eigenvalue weighted by Crippen LogP contribution is -2.01. The van der Waals surface area contributed by atoms with Crippen molar-refractivity contribution in [3.05, 3.63) is 51.8 Å². The van der Waals surface area contributed by atoms with E-state index in [9.17, 15) is 4.79 Å². The van der Waals surface area contributed by atoms with Gasteiger partial charge >= 0.3 is 5.97 Å². The number of halogens is 2. The molecule has 1 aromatic carbocycles. The zero-order valence-corrected chi connectivity index (χ0v) is 11.1. The topological polar surface area (TPSA) is 44.1 Å². The largest absolute Gasteiger partial charge is 0.465 e. The average molecular weight is 285 g/mol. The molecule has 1 aromatic heterocycles. The molecule has 0 amide bonds. The van der Waals surface area contributed by atoms with Crippen molar-refractivity contribution in [2.75, 3.05) is 7.11 Å². The van der Waals surface area contributed by atoms with Gasteiger partial charge < -0.3 is 4.74 Å². The number of methoxy groups -OCH3 is 1. The number of benzene rings is 1. The summed E-state index contributed by atoms with van der Waals surface area (Å²) in [5, 5.41) is 5.08. The van der Waals surface area contributed by atoms with Crippen molar-refractivity contribution in [2.45, 2.75) is 6.54 Å². The quantitative estimate of drug-likeness (QED) is 0.814. The molecule has 4 nitrogen and oxygen atoms in total. The van der Waals surface area contributed by atoms with Crippen molar-refractivity contribution in [3.8, 4) is 0 Å². The van der Waals surface area contributed by atoms with Gasteiger partial charge in [0.25, 0.3) is 0 Å². The second-order valence-corrected chi connectivity index (χ2v) is 4.48. The Morgan fingerprint density at radius 1 is 1.39 bits per heavy atom. The summed E-state index contributed by atoms with van der Waals surface area (Å²) in [6, 6.07) is 5.35. The van der Waals surface area contributed by atoms with Crippen LogP contribution in [0.2, 0.25) is 10.0 Å². The van der Waals surface area contributed by atoms with E-state index in [1.807, 2.05) is 6.07 Å². The first-order valence-electron chi connectivity index (χ1n) is 5.15. The van der Waals surface area contributed by atoms with Crippen LogP contribution in [0.15, 0.2) is 30.6 Å². The highest BCUT2D eigenvalue weighted by atomic mass is 35.5. The smallest absolute Gasteiger partial charge is 0.341 e. The molecule has 0 atom stereocenters. The molecule has 94 valence electrons. The summed E-state index contributed by atoms with van der Waals surface area (Å²) in [6.45, 7) is 0.508. The second kappa shape index (κ2) is 5.42. The minimum Gasteiger partial charge on any atom is -0.465 e. The van der Waals surface area contributed by atoms with Gasteiger partial charge in [-0.2, -0.15) is 5.10 Å². The Kier molecular flexibility index (Phi) is 3.89. The van der Waals surface area contributed by atoms with Crippen LogP contribution < -0.4 is 0 Å². The lowest BCUT2D eigenvalue weighted by molar-refractivity contribution is 0.0600. The predicted octanol–water partition coefficient (Wildman–Crippen LogP) is 3.02. The molecule has 0 bridgehead atoms. The van der Waals surface area contributed by atoms with E-state index in [0.717, 1.165) is 5.56 Å². The summed E-state index contributed by atoms with van der Waals surface area (Å²) in [5.74, 6) is -0.407. The first-order chi connectivity index (χ1) is 8.60. The van der Waals surface area contributed by atoms with Gasteiger partial charge in [-0.3, -0.25) is 4.68 Å². The molecule has 0 N–H and O–H groups in total. The lowest BCUT2D eigenvalue weighted by Gasteiger charge is -2.03. The molecule has 0 unspecified atom stereocenters. The van der Waals surface area contributed by atoms with Crippen LogP contribution in [0.1, 0.15) is 15.9 Å². The van der Waals surface area contributed by atoms with E-state index >= 15 is 0 Å². The van der Waals surface area contributed by atoms with E-state index in [4.69, 9.17) is 23.2 Å². The highest BCUT2D eigenvalue weighted by Gasteiger charge is 2.08. The van der Waals surface area contributed by atoms with E-state index in [-0.39, 0.29) is 0 Å². The Balaban J connectivity index is 2.16. The molecule has 0 saturated heterocycles. The summed E-state index contributed by atoms with van der Waals surface area (Å²) in [7, 11) is 1.33. The summed E-state index contributed by atoms with van der Waals surface area (Å²) >= 11 is 11.8. The standard InChI is InChI=1S/C12H10Cl2N2O2/c1-18-12(17)9-5-15-16(7-9)6-8-2-3-10(13)11(14)4-8/h2-5,7H,6H2,1H3. The Morgan fingerprint density at radius 2 is 2.17 bits per heavy atom. The number of carbonyl (C=O) groups excluding carboxylic acids is 1. The maximum absolute atomic E-state index is 11.3. The van der Waals surface area contributed by atoms with Gasteiger partial charge in [0.05, 0.1) is 35.5 Å². The van der Waals surface area contributed by atoms with Crippen LogP contribution in [0.3, 0.4) is 0 Å². The van der Waals surface area contributed by atoms with E-state index in [1.165, 1.54) is 13.3 Å². The fraction of sp³-hybridized carbons (Fsp3) is 0.167. The second-order valence-electron chi connectivity index (χ2n) is 3.67. The van der Waals surface area contributed by atoms with Crippen molar-refractivity contribution in [1.29, 1.82) is 0 Å². The first kappa shape index (κ1) is 12.9. The molecular weight excluding hydrogens is 275 g/mol. The van der Waals surface area contributed by atoms with Crippen molar-refractivity contribution in [3.63, 3.8) is 0 Å². The van der Waals surface area contributed by atoms with E-state index in [2.05, 4.69) is 9.84 Å². The van der Waals surface area contributed by atoms with E-state index < -0.39 is 5.97 Å². The third-order valence-corrected chi connectivity index (χ3v) is 3.12. The lowest BCUT2D eigenvalue weighted by atomic mass is 10.2. The monoisotopic (exact) mass is 284 g/mol. The first-order valence-corrected chi connectivity index (χ1v) is 5.90. The average Bonchev–Trinajstić information content (AvgIpc) is 2.81. The third-order valence-electron chi connectivity index (χ3n) is 2.38. The number of rotatable bonds is 3. The van der Waals surface area contributed by atoms with Gasteiger partial charge in [-0.1, -0.05) is 29.3 Å². The number of ether oxygens (including phenoxy) is 1. The van der Waals surface area contributed by atoms with Crippen LogP contribution in [0, 0.1) is 0 Å². The molecule has 0 aliphatic heterocycles. The van der Waals surface area contributed by atoms with Gasteiger partial charge in [-0.15, -0.1) is 0 Å². The Bertz CT molecular complexity index is 581. The fourth-order valence-corrected chi connectivity index (χ4v) is 1.82. The number of aromatic nitrogens is 2. The maximum Gasteiger partial charge on any atom is 0.341 e. The van der Waals surface area contributed by atoms with Crippen LogP contribution in [-0.2, 0) is 11.3 Å². The molecule has 0 saturated carbocycles. The van der Waals surface area contributed by atoms with E-state index in [1.54, 1.807) is 23.0 Å². The van der Waals surface area contributed by atoms with Gasteiger partial charge in [-0.25, -0.2) is 4.79 Å². The normalized spacial score (nSPS) is 10.4. The van der Waals surface area contributed by atoms with Crippen molar-refractivity contribution < 1.29 is 9.53 Å². The van der Waals surface area contributed by atoms with Crippen molar-refractivity contribution >= 4 is 29.2 Å². The van der Waals surface area contributed by atoms with Gasteiger partial charge in [0.15, 0.2) is 0 Å². The maximum atomic E-state index is 11.3. The number of hydrogen-bond acceptors (Lipinski definition) is 3. The highest BCUT2D eigenvalue weighted by molar-refractivity contribution is 6.42. The molecule has 18 heavy (non-hydrogen) atoms. The van der Waals surface area contributed by atoms with Crippen molar-refractivity contribution in [2.24, 2.45) is 0 Å². The zero-order chi connectivity index (χ0) is 13.1. The van der Waals surface area contributed by atoms with E-state index in [0.29, 0.717) is 22.2 Å². The van der Waals surface area contributed by atoms with Gasteiger partial charge in [-0.05, 0) is 17.7 Å². The van der Waals surface area contributed by atoms with Crippen LogP contribution in [0.4, 0.5) is 0 Å². The minimum atomic E-state index is -0.407. The Morgan fingerprint density at radius 3 is 2.83 bits per heavy atom. The van der Waals surface area contributed by atoms with Crippen LogP contribution >= 0.6 is 23.2 Å². The van der Waals surface area contributed by atoms with Crippen molar-refractivity contribution in [1.82, 2.24) is 9.78 Å². The van der Waals surface area contributed by atoms with Crippen LogP contribution in [-0.4, -0.2) is 22.9 Å². The summed E-state index contributed by atoms with van der Waals surface area (Å²) < 4.78 is 6.23. The molecule has 0 radical (unpaired) electrons. The SMILES string of the molecule is COC(=O)c1cnn(Cc2ccc(Cl)c(Cl)c2)c1. The molecule has 0 aliphatic carbocycles. The van der Waals surface area contributed by atoms with Gasteiger partial charge in [0.1, 0.15) is 0 Å². The Hall–Kier alpha value is -1.52.